The molecule has 1 N–H and O–H groups in total. The second-order valence-corrected chi connectivity index (χ2v) is 5.28. The summed E-state index contributed by atoms with van der Waals surface area (Å²) in [5, 5.41) is 0. The molecule has 86 valence electrons. The van der Waals surface area contributed by atoms with Gasteiger partial charge in [0, 0.05) is 25.0 Å². The van der Waals surface area contributed by atoms with E-state index in [1.807, 2.05) is 13.1 Å². The van der Waals surface area contributed by atoms with Crippen LogP contribution in [0.5, 0.6) is 0 Å². The van der Waals surface area contributed by atoms with E-state index in [9.17, 15) is 8.42 Å². The molecule has 0 saturated carbocycles. The van der Waals surface area contributed by atoms with Crippen LogP contribution in [0.4, 0.5) is 0 Å². The molecule has 5 nitrogen and oxygen atoms in total. The Balaban J connectivity index is 2.54. The molecule has 0 aliphatic carbocycles. The summed E-state index contributed by atoms with van der Waals surface area (Å²) in [6.45, 7) is 3.99. The molecule has 0 saturated heterocycles. The molecule has 2 aromatic rings. The highest BCUT2D eigenvalue weighted by Crippen LogP contribution is 2.12. The number of hydrogen-bond donors (Lipinski definition) is 1. The van der Waals surface area contributed by atoms with Crippen molar-refractivity contribution in [3.8, 4) is 0 Å². The highest BCUT2D eigenvalue weighted by molar-refractivity contribution is 7.89. The monoisotopic (exact) mass is 239 g/mol. The molecule has 0 aromatic carbocycles. The number of nitrogens with one attached hydrogen (secondary N) is 1. The standard InChI is InChI=1S/C10H13N3O2S/c1-3-11-16(14,15)9-4-5-13-7-8(2)12-10(13)6-9/h4-7,11H,3H2,1-2H3. The van der Waals surface area contributed by atoms with Crippen LogP contribution in [-0.4, -0.2) is 24.3 Å². The Morgan fingerprint density at radius 3 is 2.94 bits per heavy atom. The fraction of sp³-hybridized carbons (Fsp3) is 0.300. The van der Waals surface area contributed by atoms with Crippen LogP contribution in [0.15, 0.2) is 29.4 Å². The second kappa shape index (κ2) is 3.88. The lowest BCUT2D eigenvalue weighted by molar-refractivity contribution is 0.584. The van der Waals surface area contributed by atoms with Crippen molar-refractivity contribution in [2.45, 2.75) is 18.7 Å². The number of nitrogens with zero attached hydrogens (tertiary/aromatic N) is 2. The van der Waals surface area contributed by atoms with E-state index in [0.717, 1.165) is 5.69 Å². The van der Waals surface area contributed by atoms with Crippen molar-refractivity contribution in [3.63, 3.8) is 0 Å². The molecule has 0 aliphatic rings. The van der Waals surface area contributed by atoms with Crippen LogP contribution < -0.4 is 4.72 Å². The molecular weight excluding hydrogens is 226 g/mol. The van der Waals surface area contributed by atoms with Gasteiger partial charge in [0.2, 0.25) is 10.0 Å². The van der Waals surface area contributed by atoms with E-state index in [1.165, 1.54) is 0 Å². The Hall–Kier alpha value is -1.40. The van der Waals surface area contributed by atoms with Gasteiger partial charge in [-0.25, -0.2) is 18.1 Å². The lowest BCUT2D eigenvalue weighted by Gasteiger charge is -2.04. The quantitative estimate of drug-likeness (QED) is 0.867. The molecule has 2 aromatic heterocycles. The number of aryl methyl sites for hydroxylation is 1. The van der Waals surface area contributed by atoms with Crippen LogP contribution in [0.3, 0.4) is 0 Å². The Morgan fingerprint density at radius 2 is 2.25 bits per heavy atom. The zero-order valence-electron chi connectivity index (χ0n) is 9.14. The van der Waals surface area contributed by atoms with Gasteiger partial charge < -0.3 is 4.40 Å². The van der Waals surface area contributed by atoms with Crippen molar-refractivity contribution in [1.82, 2.24) is 14.1 Å². The highest BCUT2D eigenvalue weighted by Gasteiger charge is 2.13. The molecule has 2 heterocycles. The van der Waals surface area contributed by atoms with E-state index in [0.29, 0.717) is 12.2 Å². The molecule has 0 radical (unpaired) electrons. The SMILES string of the molecule is CCNS(=O)(=O)c1ccn2cc(C)nc2c1. The molecule has 0 aliphatic heterocycles. The first kappa shape index (κ1) is 11.1. The molecule has 0 unspecified atom stereocenters. The second-order valence-electron chi connectivity index (χ2n) is 3.51. The van der Waals surface area contributed by atoms with Crippen molar-refractivity contribution >= 4 is 15.7 Å². The highest BCUT2D eigenvalue weighted by atomic mass is 32.2. The van der Waals surface area contributed by atoms with E-state index in [4.69, 9.17) is 0 Å². The topological polar surface area (TPSA) is 63.5 Å². The third kappa shape index (κ3) is 1.94. The van der Waals surface area contributed by atoms with Gasteiger partial charge in [-0.2, -0.15) is 0 Å². The molecule has 0 fully saturated rings. The molecule has 16 heavy (non-hydrogen) atoms. The van der Waals surface area contributed by atoms with Crippen molar-refractivity contribution in [2.75, 3.05) is 6.54 Å². The van der Waals surface area contributed by atoms with Gasteiger partial charge in [-0.1, -0.05) is 6.92 Å². The Bertz CT molecular complexity index is 616. The Kier molecular flexibility index (Phi) is 2.69. The summed E-state index contributed by atoms with van der Waals surface area (Å²) in [6, 6.07) is 3.12. The maximum absolute atomic E-state index is 11.7. The summed E-state index contributed by atoms with van der Waals surface area (Å²) >= 11 is 0. The molecule has 2 rings (SSSR count). The van der Waals surface area contributed by atoms with Gasteiger partial charge >= 0.3 is 0 Å². The first-order valence-corrected chi connectivity index (χ1v) is 6.46. The largest absolute Gasteiger partial charge is 0.307 e. The first-order chi connectivity index (χ1) is 7.53. The molecule has 0 spiro atoms. The summed E-state index contributed by atoms with van der Waals surface area (Å²) < 4.78 is 27.7. The zero-order chi connectivity index (χ0) is 11.8. The van der Waals surface area contributed by atoms with Crippen molar-refractivity contribution in [3.05, 3.63) is 30.2 Å². The predicted molar refractivity (Wildman–Crippen MR) is 60.8 cm³/mol. The smallest absolute Gasteiger partial charge is 0.240 e. The maximum Gasteiger partial charge on any atom is 0.240 e. The first-order valence-electron chi connectivity index (χ1n) is 4.98. The summed E-state index contributed by atoms with van der Waals surface area (Å²) in [6.07, 6.45) is 3.54. The van der Waals surface area contributed by atoms with Crippen LogP contribution >= 0.6 is 0 Å². The number of rotatable bonds is 3. The lowest BCUT2D eigenvalue weighted by atomic mass is 10.5. The van der Waals surface area contributed by atoms with E-state index in [1.54, 1.807) is 29.7 Å². The van der Waals surface area contributed by atoms with Crippen LogP contribution in [0.2, 0.25) is 0 Å². The van der Waals surface area contributed by atoms with Gasteiger partial charge in [-0.3, -0.25) is 0 Å². The van der Waals surface area contributed by atoms with Crippen molar-refractivity contribution < 1.29 is 8.42 Å². The van der Waals surface area contributed by atoms with E-state index in [2.05, 4.69) is 9.71 Å². The minimum absolute atomic E-state index is 0.243. The van der Waals surface area contributed by atoms with E-state index in [-0.39, 0.29) is 4.90 Å². The van der Waals surface area contributed by atoms with Gasteiger partial charge in [0.25, 0.3) is 0 Å². The Morgan fingerprint density at radius 1 is 1.50 bits per heavy atom. The van der Waals surface area contributed by atoms with Crippen molar-refractivity contribution in [2.24, 2.45) is 0 Å². The normalized spacial score (nSPS) is 12.1. The van der Waals surface area contributed by atoms with Gasteiger partial charge in [0.1, 0.15) is 5.65 Å². The minimum Gasteiger partial charge on any atom is -0.307 e. The number of pyridine rings is 1. The molecule has 6 heteroatoms. The predicted octanol–water partition coefficient (Wildman–Crippen LogP) is 0.941. The van der Waals surface area contributed by atoms with Gasteiger partial charge in [-0.05, 0) is 13.0 Å². The number of sulfonamides is 1. The number of fused-ring (bicyclic) bond motifs is 1. The average molecular weight is 239 g/mol. The van der Waals surface area contributed by atoms with Gasteiger partial charge in [0.05, 0.1) is 10.6 Å². The molecule has 0 atom stereocenters. The summed E-state index contributed by atoms with van der Waals surface area (Å²) in [5.74, 6) is 0. The van der Waals surface area contributed by atoms with E-state index >= 15 is 0 Å². The van der Waals surface area contributed by atoms with Gasteiger partial charge in [-0.15, -0.1) is 0 Å². The lowest BCUT2D eigenvalue weighted by Crippen LogP contribution is -2.23. The molecule has 0 bridgehead atoms. The maximum atomic E-state index is 11.7. The van der Waals surface area contributed by atoms with Crippen LogP contribution in [-0.2, 0) is 10.0 Å². The third-order valence-corrected chi connectivity index (χ3v) is 3.74. The fourth-order valence-electron chi connectivity index (χ4n) is 1.53. The average Bonchev–Trinajstić information content (AvgIpc) is 2.56. The number of imidazole rings is 1. The summed E-state index contributed by atoms with van der Waals surface area (Å²) in [7, 11) is -3.40. The van der Waals surface area contributed by atoms with E-state index < -0.39 is 10.0 Å². The summed E-state index contributed by atoms with van der Waals surface area (Å²) in [5.41, 5.74) is 1.49. The third-order valence-electron chi connectivity index (χ3n) is 2.20. The van der Waals surface area contributed by atoms with Crippen molar-refractivity contribution in [1.29, 1.82) is 0 Å². The zero-order valence-corrected chi connectivity index (χ0v) is 9.95. The summed E-state index contributed by atoms with van der Waals surface area (Å²) in [4.78, 5) is 4.46. The fourth-order valence-corrected chi connectivity index (χ4v) is 2.58. The van der Waals surface area contributed by atoms with Crippen LogP contribution in [0.1, 0.15) is 12.6 Å². The van der Waals surface area contributed by atoms with Crippen LogP contribution in [0.25, 0.3) is 5.65 Å². The molecular formula is C10H13N3O2S. The number of aromatic nitrogens is 2. The molecule has 0 amide bonds. The minimum atomic E-state index is -3.40. The van der Waals surface area contributed by atoms with Crippen LogP contribution in [0, 0.1) is 6.92 Å². The Labute approximate surface area is 94.2 Å². The van der Waals surface area contributed by atoms with Gasteiger partial charge in [0.15, 0.2) is 0 Å². The number of hydrogen-bond acceptors (Lipinski definition) is 3.